The van der Waals surface area contributed by atoms with Gasteiger partial charge in [0.2, 0.25) is 5.69 Å². The van der Waals surface area contributed by atoms with Crippen molar-refractivity contribution in [1.82, 2.24) is 15.0 Å². The van der Waals surface area contributed by atoms with Crippen LogP contribution >= 0.6 is 0 Å². The van der Waals surface area contributed by atoms with Gasteiger partial charge in [-0.25, -0.2) is 4.79 Å². The third-order valence-corrected chi connectivity index (χ3v) is 3.16. The number of carboxylic acid groups (broad SMARTS) is 1. The summed E-state index contributed by atoms with van der Waals surface area (Å²) in [4.78, 5) is 24.6. The van der Waals surface area contributed by atoms with Crippen LogP contribution < -0.4 is 4.90 Å². The molecule has 0 atom stereocenters. The number of nitro groups is 1. The lowest BCUT2D eigenvalue weighted by molar-refractivity contribution is -0.384. The Morgan fingerprint density at radius 3 is 2.50 bits per heavy atom. The zero-order chi connectivity index (χ0) is 16.3. The Morgan fingerprint density at radius 2 is 1.95 bits per heavy atom. The molecule has 1 aromatic heterocycles. The summed E-state index contributed by atoms with van der Waals surface area (Å²) in [7, 11) is 0. The van der Waals surface area contributed by atoms with Crippen molar-refractivity contribution in [3.05, 3.63) is 40.1 Å². The van der Waals surface area contributed by atoms with Gasteiger partial charge in [-0.1, -0.05) is 12.1 Å². The minimum Gasteiger partial charge on any atom is -0.476 e. The van der Waals surface area contributed by atoms with Crippen molar-refractivity contribution >= 4 is 17.5 Å². The van der Waals surface area contributed by atoms with Gasteiger partial charge in [0.1, 0.15) is 0 Å². The molecule has 1 aromatic carbocycles. The Hall–Kier alpha value is -2.97. The van der Waals surface area contributed by atoms with Crippen molar-refractivity contribution in [2.24, 2.45) is 0 Å². The van der Waals surface area contributed by atoms with Crippen LogP contribution in [0.1, 0.15) is 24.3 Å². The van der Waals surface area contributed by atoms with Gasteiger partial charge in [-0.2, -0.15) is 0 Å². The number of nitrogens with zero attached hydrogens (tertiary/aromatic N) is 5. The van der Waals surface area contributed by atoms with E-state index in [1.165, 1.54) is 18.2 Å². The number of hydrogen-bond acceptors (Lipinski definition) is 6. The highest BCUT2D eigenvalue weighted by molar-refractivity contribution is 5.91. The second kappa shape index (κ2) is 6.20. The molecule has 0 aliphatic rings. The summed E-state index contributed by atoms with van der Waals surface area (Å²) in [5.41, 5.74) is -0.309. The number of nitro benzene ring substituents is 1. The number of anilines is 1. The van der Waals surface area contributed by atoms with Crippen LogP contribution in [0.2, 0.25) is 0 Å². The van der Waals surface area contributed by atoms with E-state index in [1.807, 2.05) is 13.8 Å². The van der Waals surface area contributed by atoms with E-state index in [2.05, 4.69) is 10.2 Å². The monoisotopic (exact) mass is 305 g/mol. The first kappa shape index (κ1) is 15.4. The van der Waals surface area contributed by atoms with E-state index in [0.29, 0.717) is 13.1 Å². The normalized spacial score (nSPS) is 10.5. The van der Waals surface area contributed by atoms with Crippen molar-refractivity contribution in [2.45, 2.75) is 13.8 Å². The summed E-state index contributed by atoms with van der Waals surface area (Å²) in [5, 5.41) is 28.4. The van der Waals surface area contributed by atoms with E-state index in [9.17, 15) is 20.0 Å². The summed E-state index contributed by atoms with van der Waals surface area (Å²) in [6, 6.07) is 5.91. The molecule has 0 amide bonds. The smallest absolute Gasteiger partial charge is 0.360 e. The molecule has 1 N–H and O–H groups in total. The molecule has 1 heterocycles. The lowest BCUT2D eigenvalue weighted by Gasteiger charge is -2.17. The van der Waals surface area contributed by atoms with Crippen LogP contribution in [0, 0.1) is 10.1 Å². The van der Waals surface area contributed by atoms with Crippen LogP contribution in [0.5, 0.6) is 0 Å². The molecule has 0 aliphatic heterocycles. The zero-order valence-corrected chi connectivity index (χ0v) is 12.1. The Kier molecular flexibility index (Phi) is 4.35. The Labute approximate surface area is 125 Å². The molecule has 0 fully saturated rings. The third kappa shape index (κ3) is 2.73. The van der Waals surface area contributed by atoms with E-state index in [-0.39, 0.29) is 22.9 Å². The van der Waals surface area contributed by atoms with Crippen molar-refractivity contribution in [2.75, 3.05) is 18.0 Å². The average molecular weight is 305 g/mol. The first-order valence-electron chi connectivity index (χ1n) is 6.68. The summed E-state index contributed by atoms with van der Waals surface area (Å²) >= 11 is 0. The fourth-order valence-electron chi connectivity index (χ4n) is 2.07. The maximum Gasteiger partial charge on any atom is 0.360 e. The standard InChI is InChI=1S/C13H15N5O4/c1-3-16(4-2)12-11(13(19)20)14-17(15-12)9-7-5-6-8-10(9)18(21)22/h5-8H,3-4H2,1-2H3,(H,19,20). The van der Waals surface area contributed by atoms with Gasteiger partial charge in [0.05, 0.1) is 4.92 Å². The second-order valence-electron chi connectivity index (χ2n) is 4.38. The lowest BCUT2D eigenvalue weighted by atomic mass is 10.3. The van der Waals surface area contributed by atoms with E-state index in [4.69, 9.17) is 0 Å². The summed E-state index contributed by atoms with van der Waals surface area (Å²) in [6.07, 6.45) is 0. The van der Waals surface area contributed by atoms with Gasteiger partial charge in [0.25, 0.3) is 5.69 Å². The summed E-state index contributed by atoms with van der Waals surface area (Å²) < 4.78 is 0. The maximum atomic E-state index is 11.3. The number of aromatic nitrogens is 3. The largest absolute Gasteiger partial charge is 0.476 e. The molecule has 22 heavy (non-hydrogen) atoms. The second-order valence-corrected chi connectivity index (χ2v) is 4.38. The first-order valence-corrected chi connectivity index (χ1v) is 6.68. The fraction of sp³-hybridized carbons (Fsp3) is 0.308. The molecule has 9 nitrogen and oxygen atoms in total. The van der Waals surface area contributed by atoms with Crippen molar-refractivity contribution in [3.63, 3.8) is 0 Å². The van der Waals surface area contributed by atoms with Gasteiger partial charge in [0, 0.05) is 19.2 Å². The topological polar surface area (TPSA) is 114 Å². The van der Waals surface area contributed by atoms with Crippen molar-refractivity contribution in [3.8, 4) is 5.69 Å². The molecule has 2 rings (SSSR count). The van der Waals surface area contributed by atoms with Crippen LogP contribution in [0.25, 0.3) is 5.69 Å². The van der Waals surface area contributed by atoms with Gasteiger partial charge < -0.3 is 10.0 Å². The number of rotatable bonds is 6. The number of carbonyl (C=O) groups is 1. The molecule has 9 heteroatoms. The molecule has 0 unspecified atom stereocenters. The molecule has 0 spiro atoms. The van der Waals surface area contributed by atoms with Crippen LogP contribution in [-0.4, -0.2) is 44.1 Å². The van der Waals surface area contributed by atoms with Gasteiger partial charge in [-0.3, -0.25) is 10.1 Å². The first-order chi connectivity index (χ1) is 10.5. The third-order valence-electron chi connectivity index (χ3n) is 3.16. The van der Waals surface area contributed by atoms with Crippen LogP contribution in [0.4, 0.5) is 11.5 Å². The van der Waals surface area contributed by atoms with Crippen LogP contribution in [0.3, 0.4) is 0 Å². The van der Waals surface area contributed by atoms with Crippen molar-refractivity contribution < 1.29 is 14.8 Å². The van der Waals surface area contributed by atoms with Gasteiger partial charge in [-0.05, 0) is 19.9 Å². The minimum atomic E-state index is -1.23. The molecular formula is C13H15N5O4. The predicted octanol–water partition coefficient (Wildman–Crippen LogP) is 1.72. The van der Waals surface area contributed by atoms with Gasteiger partial charge in [-0.15, -0.1) is 15.0 Å². The molecule has 0 saturated carbocycles. The quantitative estimate of drug-likeness (QED) is 0.638. The highest BCUT2D eigenvalue weighted by Crippen LogP contribution is 2.24. The molecule has 116 valence electrons. The molecule has 0 radical (unpaired) electrons. The predicted molar refractivity (Wildman–Crippen MR) is 78.5 cm³/mol. The van der Waals surface area contributed by atoms with Gasteiger partial charge in [0.15, 0.2) is 11.5 Å². The lowest BCUT2D eigenvalue weighted by Crippen LogP contribution is -2.24. The molecule has 0 bridgehead atoms. The Morgan fingerprint density at radius 1 is 1.32 bits per heavy atom. The summed E-state index contributed by atoms with van der Waals surface area (Å²) in [5.74, 6) is -1.04. The molecular weight excluding hydrogens is 290 g/mol. The Balaban J connectivity index is 2.61. The molecule has 0 saturated heterocycles. The number of benzene rings is 1. The van der Waals surface area contributed by atoms with E-state index < -0.39 is 10.9 Å². The molecule has 0 aliphatic carbocycles. The van der Waals surface area contributed by atoms with Crippen LogP contribution in [-0.2, 0) is 0 Å². The van der Waals surface area contributed by atoms with Crippen molar-refractivity contribution in [1.29, 1.82) is 0 Å². The number of aromatic carboxylic acids is 1. The highest BCUT2D eigenvalue weighted by atomic mass is 16.6. The Bertz CT molecular complexity index is 708. The maximum absolute atomic E-state index is 11.3. The number of para-hydroxylation sites is 2. The fourth-order valence-corrected chi connectivity index (χ4v) is 2.07. The summed E-state index contributed by atoms with van der Waals surface area (Å²) in [6.45, 7) is 4.82. The molecule has 2 aromatic rings. The number of hydrogen-bond donors (Lipinski definition) is 1. The van der Waals surface area contributed by atoms with E-state index >= 15 is 0 Å². The van der Waals surface area contributed by atoms with E-state index in [1.54, 1.807) is 11.0 Å². The number of carboxylic acids is 1. The van der Waals surface area contributed by atoms with Crippen LogP contribution in [0.15, 0.2) is 24.3 Å². The SMILES string of the molecule is CCN(CC)c1nn(-c2ccccc2[N+](=O)[O-])nc1C(=O)O. The zero-order valence-electron chi connectivity index (χ0n) is 12.1. The minimum absolute atomic E-state index is 0.119. The van der Waals surface area contributed by atoms with E-state index in [0.717, 1.165) is 4.80 Å². The average Bonchev–Trinajstić information content (AvgIpc) is 2.94. The highest BCUT2D eigenvalue weighted by Gasteiger charge is 2.24. The van der Waals surface area contributed by atoms with Gasteiger partial charge >= 0.3 is 5.97 Å².